The van der Waals surface area contributed by atoms with Crippen molar-refractivity contribution in [2.24, 2.45) is 24.1 Å². The number of rotatable bonds is 11. The number of hydrogen-bond donors (Lipinski definition) is 3. The molecule has 4 aliphatic heterocycles. The number of carbonyl (C=O) groups excluding carboxylic acids is 4. The van der Waals surface area contributed by atoms with E-state index in [1.807, 2.05) is 61.3 Å². The summed E-state index contributed by atoms with van der Waals surface area (Å²) in [6.07, 6.45) is 11.8. The van der Waals surface area contributed by atoms with Crippen LogP contribution in [0.4, 0.5) is 19.4 Å². The minimum Gasteiger partial charge on any atom is -0.494 e. The van der Waals surface area contributed by atoms with Gasteiger partial charge in [0.1, 0.15) is 11.6 Å². The van der Waals surface area contributed by atoms with E-state index < -0.39 is 35.1 Å². The highest BCUT2D eigenvalue weighted by molar-refractivity contribution is 6.34. The first kappa shape index (κ1) is 47.8. The third-order valence-electron chi connectivity index (χ3n) is 16.8. The molecule has 2 aliphatic carbocycles. The van der Waals surface area contributed by atoms with Gasteiger partial charge in [-0.2, -0.15) is 5.10 Å². The maximum absolute atomic E-state index is 16.2. The molecular formula is C55H59ClF2N8O6. The minimum absolute atomic E-state index is 0.00505. The van der Waals surface area contributed by atoms with Gasteiger partial charge >= 0.3 is 6.03 Å². The van der Waals surface area contributed by atoms with Gasteiger partial charge in [0.25, 0.3) is 0 Å². The zero-order chi connectivity index (χ0) is 50.2. The Bertz CT molecular complexity index is 3030. The Kier molecular flexibility index (Phi) is 12.3. The molecule has 0 bridgehead atoms. The highest BCUT2D eigenvalue weighted by Crippen LogP contribution is 2.57. The lowest BCUT2D eigenvalue weighted by Gasteiger charge is -2.56. The number of aryl methyl sites for hydroxylation is 1. The number of carbonyl (C=O) groups is 4. The average Bonchev–Trinajstić information content (AvgIpc) is 3.83. The number of hydrogen-bond acceptors (Lipinski definition) is 9. The van der Waals surface area contributed by atoms with E-state index in [1.54, 1.807) is 4.90 Å². The number of anilines is 1. The summed E-state index contributed by atoms with van der Waals surface area (Å²) in [5, 5.41) is 11.2. The van der Waals surface area contributed by atoms with Gasteiger partial charge in [-0.25, -0.2) is 13.6 Å². The van der Waals surface area contributed by atoms with Crippen molar-refractivity contribution in [2.75, 3.05) is 44.7 Å². The fourth-order valence-corrected chi connectivity index (χ4v) is 12.9. The molecule has 3 saturated heterocycles. The Morgan fingerprint density at radius 1 is 0.972 bits per heavy atom. The normalized spacial score (nSPS) is 24.5. The fraction of sp³-hybridized carbons (Fsp3) is 0.436. The van der Waals surface area contributed by atoms with Gasteiger partial charge in [0, 0.05) is 110 Å². The zero-order valence-electron chi connectivity index (χ0n) is 40.7. The van der Waals surface area contributed by atoms with Crippen molar-refractivity contribution < 1.29 is 37.4 Å². The molecular weight excluding hydrogens is 942 g/mol. The largest absolute Gasteiger partial charge is 0.494 e. The second kappa shape index (κ2) is 18.5. The van der Waals surface area contributed by atoms with Crippen molar-refractivity contribution >= 4 is 52.1 Å². The zero-order valence-corrected chi connectivity index (χ0v) is 41.4. The SMILES string of the molecule is COc1ccc(C(N)=O)c(-c2c(Cl)c(F)cc3c2[C@H](C)[C@@](/C=C\NC2CCC(C(=O)N4CC5(CCC(N6CC(c7ccc8c(N9CCC(=O)NC9=O)nn(C)c8c7)C6)CC5)C4)CC2)(c2ccccc2)O3)c1F. The number of nitrogens with zero attached hydrogens (tertiary/aromatic N) is 5. The molecule has 5 amide bonds. The predicted molar refractivity (Wildman–Crippen MR) is 269 cm³/mol. The Balaban J connectivity index is 0.681. The molecule has 1 spiro atoms. The van der Waals surface area contributed by atoms with Gasteiger partial charge in [0.05, 0.1) is 23.2 Å². The number of amides is 5. The number of likely N-dealkylation sites (tertiary alicyclic amines) is 2. The maximum atomic E-state index is 16.2. The third kappa shape index (κ3) is 8.14. The highest BCUT2D eigenvalue weighted by atomic mass is 35.5. The predicted octanol–water partition coefficient (Wildman–Crippen LogP) is 8.65. The maximum Gasteiger partial charge on any atom is 0.329 e. The Morgan fingerprint density at radius 3 is 2.40 bits per heavy atom. The summed E-state index contributed by atoms with van der Waals surface area (Å²) in [6.45, 7) is 5.94. The van der Waals surface area contributed by atoms with E-state index in [2.05, 4.69) is 43.7 Å². The van der Waals surface area contributed by atoms with Crippen LogP contribution in [-0.2, 0) is 22.2 Å². The van der Waals surface area contributed by atoms with Crippen molar-refractivity contribution in [3.8, 4) is 22.6 Å². The molecule has 2 saturated carbocycles. The highest BCUT2D eigenvalue weighted by Gasteiger charge is 2.51. The van der Waals surface area contributed by atoms with E-state index in [0.717, 1.165) is 94.0 Å². The first-order valence-corrected chi connectivity index (χ1v) is 25.5. The summed E-state index contributed by atoms with van der Waals surface area (Å²) in [6, 6.07) is 20.0. The van der Waals surface area contributed by atoms with Gasteiger partial charge in [-0.3, -0.25) is 34.2 Å². The van der Waals surface area contributed by atoms with Gasteiger partial charge in [0.15, 0.2) is 23.0 Å². The summed E-state index contributed by atoms with van der Waals surface area (Å²) >= 11 is 6.68. The first-order valence-electron chi connectivity index (χ1n) is 25.1. The number of nitrogens with one attached hydrogen (secondary N) is 2. The summed E-state index contributed by atoms with van der Waals surface area (Å²) in [5.74, 6) is -2.16. The number of aromatic nitrogens is 2. The van der Waals surface area contributed by atoms with E-state index in [-0.39, 0.29) is 68.8 Å². The van der Waals surface area contributed by atoms with Crippen LogP contribution in [0, 0.1) is 23.0 Å². The monoisotopic (exact) mass is 1000 g/mol. The number of fused-ring (bicyclic) bond motifs is 2. The Labute approximate surface area is 421 Å². The van der Waals surface area contributed by atoms with Crippen LogP contribution in [0.3, 0.4) is 0 Å². The lowest BCUT2D eigenvalue weighted by atomic mass is 9.66. The molecule has 1 aromatic heterocycles. The van der Waals surface area contributed by atoms with E-state index in [0.29, 0.717) is 29.9 Å². The number of primary amides is 1. The van der Waals surface area contributed by atoms with Crippen molar-refractivity contribution in [3.63, 3.8) is 0 Å². The summed E-state index contributed by atoms with van der Waals surface area (Å²) in [4.78, 5) is 57.1. The third-order valence-corrected chi connectivity index (χ3v) is 17.2. The minimum atomic E-state index is -1.18. The number of benzene rings is 4. The van der Waals surface area contributed by atoms with Crippen LogP contribution in [0.2, 0.25) is 5.02 Å². The standard InChI is InChI=1S/C55H59ClF2N8O6/c1-31-45-43(26-40(57)48(56)47(45)46-39(50(59)68)15-16-42(71-3)49(46)58)72-55(31,35-7-5-4-6-8-35)22-23-60-36-12-9-32(10-13-36)52(69)65-29-54(30-65)20-17-37(18-21-54)64-27-34(28-64)33-11-14-38-41(25-33)63(2)62-51(38)66-24-19-44(67)61-53(66)70/h4-8,11,14-16,22-23,25-26,31-32,34,36-37,60H,9-10,12-13,17-21,24,27-30H2,1-3H3,(H2,59,68)(H,61,67,70)/b23-22-/t31-,32?,36?,55-/m0/s1. The van der Waals surface area contributed by atoms with Crippen molar-refractivity contribution in [2.45, 2.75) is 94.2 Å². The van der Waals surface area contributed by atoms with Crippen LogP contribution < -0.4 is 30.7 Å². The van der Waals surface area contributed by atoms with Gasteiger partial charge in [-0.15, -0.1) is 0 Å². The molecule has 376 valence electrons. The van der Waals surface area contributed by atoms with Crippen LogP contribution in [0.25, 0.3) is 22.0 Å². The van der Waals surface area contributed by atoms with Crippen LogP contribution in [0.15, 0.2) is 79.0 Å². The van der Waals surface area contributed by atoms with E-state index in [9.17, 15) is 19.2 Å². The van der Waals surface area contributed by atoms with Gasteiger partial charge < -0.3 is 25.4 Å². The smallest absolute Gasteiger partial charge is 0.329 e. The lowest BCUT2D eigenvalue weighted by molar-refractivity contribution is -0.152. The van der Waals surface area contributed by atoms with Crippen molar-refractivity contribution in [1.29, 1.82) is 0 Å². The number of ether oxygens (including phenoxy) is 2. The first-order chi connectivity index (χ1) is 34.7. The number of methoxy groups -OCH3 is 1. The molecule has 4 N–H and O–H groups in total. The molecule has 5 aromatic rings. The van der Waals surface area contributed by atoms with Crippen LogP contribution in [-0.4, -0.2) is 95.3 Å². The van der Waals surface area contributed by atoms with E-state index in [1.165, 1.54) is 30.9 Å². The molecule has 2 atom stereocenters. The summed E-state index contributed by atoms with van der Waals surface area (Å²) < 4.78 is 45.7. The molecule has 6 aliphatic rings. The quantitative estimate of drug-likeness (QED) is 0.118. The van der Waals surface area contributed by atoms with Crippen LogP contribution >= 0.6 is 11.6 Å². The molecule has 14 nitrogen and oxygen atoms in total. The van der Waals surface area contributed by atoms with Gasteiger partial charge in [0.2, 0.25) is 17.7 Å². The number of halogens is 3. The molecule has 72 heavy (non-hydrogen) atoms. The number of nitrogens with two attached hydrogens (primary N) is 1. The van der Waals surface area contributed by atoms with Crippen LogP contribution in [0.1, 0.15) is 104 Å². The van der Waals surface area contributed by atoms with Gasteiger partial charge in [-0.05, 0) is 99.0 Å². The molecule has 4 aromatic carbocycles. The molecule has 17 heteroatoms. The average molecular weight is 1000 g/mol. The number of urea groups is 1. The van der Waals surface area contributed by atoms with Gasteiger partial charge in [-0.1, -0.05) is 54.9 Å². The van der Waals surface area contributed by atoms with Crippen LogP contribution in [0.5, 0.6) is 11.5 Å². The fourth-order valence-electron chi connectivity index (χ4n) is 12.7. The van der Waals surface area contributed by atoms with E-state index in [4.69, 9.17) is 26.8 Å². The topological polar surface area (TPSA) is 164 Å². The molecule has 11 rings (SSSR count). The summed E-state index contributed by atoms with van der Waals surface area (Å²) in [7, 11) is 3.19. The second-order valence-electron chi connectivity index (χ2n) is 20.9. The molecule has 5 fully saturated rings. The molecule has 5 heterocycles. The second-order valence-corrected chi connectivity index (χ2v) is 21.3. The Hall–Kier alpha value is -6.52. The number of imide groups is 1. The summed E-state index contributed by atoms with van der Waals surface area (Å²) in [5.41, 5.74) is 7.79. The van der Waals surface area contributed by atoms with E-state index >= 15 is 8.78 Å². The Morgan fingerprint density at radius 2 is 1.71 bits per heavy atom. The van der Waals surface area contributed by atoms with Crippen molar-refractivity contribution in [3.05, 3.63) is 118 Å². The molecule has 0 radical (unpaired) electrons. The van der Waals surface area contributed by atoms with Crippen molar-refractivity contribution in [1.82, 2.24) is 30.2 Å². The molecule has 0 unspecified atom stereocenters. The lowest BCUT2D eigenvalue weighted by Crippen LogP contribution is -2.62.